The summed E-state index contributed by atoms with van der Waals surface area (Å²) in [7, 11) is -15.3. The number of rotatable bonds is 27. The standard InChI is InChI=1S/C57H84N21O19P5/c1-32(2)69-13-38(93-43(18-69)74-11-9-34(5)65-56(74)81)24-89-101(86)73-17-42(97-47(22-73)78-31-64-50-53(78)67-55(59)68-54(50)80)27-92-102(87)72-16-41(96-46(21-72)77-30-63-49-51(58)60-28-61-52(49)77)26-91-99(84)70-15-40(94-44(19-70)75-12-10-35(6)66-57(75)82)25-90-100(85)71-14-39(23-88-98(83)33(3)4)95-45(20-71)76-29-62-48(36(76)7)37(8)79/h9-12,28-33,38-47,98-102H,13-27H2,1-8H3,(H2,58,60,61)(H3,59,67,68,80)/t38-,39-,40-,41-,42-,43+,44+,45+,46+,47+/m0/s1. The number of nitrogen functional groups attached to an aromatic ring is 2. The Bertz CT molecular complexity index is 4480. The quantitative estimate of drug-likeness (QED) is 0.0492. The topological polar surface area (TPSA) is 458 Å². The van der Waals surface area contributed by atoms with E-state index in [4.69, 9.17) is 57.8 Å². The molecular formula is C57H84N21O19P5. The number of hydrogen-bond acceptors (Lipinski definition) is 30. The largest absolute Gasteiger partial charge is 0.382 e. The van der Waals surface area contributed by atoms with Crippen molar-refractivity contribution in [2.75, 3.05) is 110 Å². The Morgan fingerprint density at radius 1 is 0.520 bits per heavy atom. The summed E-state index contributed by atoms with van der Waals surface area (Å²) >= 11 is 0. The van der Waals surface area contributed by atoms with E-state index < -0.39 is 119 Å². The summed E-state index contributed by atoms with van der Waals surface area (Å²) in [4.78, 5) is 90.3. The Morgan fingerprint density at radius 2 is 0.931 bits per heavy atom. The van der Waals surface area contributed by atoms with E-state index in [-0.39, 0.29) is 143 Å². The number of carbonyl (C=O) groups is 1. The molecule has 5 saturated heterocycles. The second-order valence-electron chi connectivity index (χ2n) is 25.8. The van der Waals surface area contributed by atoms with Crippen molar-refractivity contribution in [3.63, 3.8) is 0 Å². The number of H-pyrrole nitrogens is 1. The third-order valence-corrected chi connectivity index (χ3v) is 24.3. The van der Waals surface area contributed by atoms with E-state index in [9.17, 15) is 42.0 Å². The van der Waals surface area contributed by atoms with Crippen LogP contribution in [0.5, 0.6) is 0 Å². The van der Waals surface area contributed by atoms with Gasteiger partial charge in [-0.15, -0.1) is 0 Å². The number of nitrogens with two attached hydrogens (primary N) is 2. The summed E-state index contributed by atoms with van der Waals surface area (Å²) in [6.07, 6.45) is -0.277. The molecule has 102 heavy (non-hydrogen) atoms. The Hall–Kier alpha value is -6.31. The Labute approximate surface area is 586 Å². The molecule has 5 aliphatic rings. The van der Waals surface area contributed by atoms with Crippen molar-refractivity contribution in [3.8, 4) is 0 Å². The van der Waals surface area contributed by atoms with Crippen molar-refractivity contribution in [2.45, 2.75) is 129 Å². The van der Waals surface area contributed by atoms with Gasteiger partial charge in [0.2, 0.25) is 5.95 Å². The first-order valence-corrected chi connectivity index (χ1v) is 39.4. The van der Waals surface area contributed by atoms with E-state index in [1.54, 1.807) is 71.4 Å². The highest BCUT2D eigenvalue weighted by Gasteiger charge is 2.41. The highest BCUT2D eigenvalue weighted by Crippen LogP contribution is 2.43. The second-order valence-corrected chi connectivity index (χ2v) is 33.7. The van der Waals surface area contributed by atoms with Gasteiger partial charge in [0, 0.05) is 87.4 Å². The third-order valence-electron chi connectivity index (χ3n) is 17.7. The van der Waals surface area contributed by atoms with Crippen molar-refractivity contribution < 1.29 is 73.9 Å². The number of imidazole rings is 3. The molecule has 0 aromatic carbocycles. The third kappa shape index (κ3) is 17.6. The predicted molar refractivity (Wildman–Crippen MR) is 368 cm³/mol. The van der Waals surface area contributed by atoms with Crippen LogP contribution in [0.1, 0.15) is 93.3 Å². The number of fused-ring (bicyclic) bond motifs is 2. The molecule has 12 rings (SSSR count). The lowest BCUT2D eigenvalue weighted by atomic mass is 10.2. The number of aromatic amines is 1. The zero-order valence-corrected chi connectivity index (χ0v) is 62.1. The maximum absolute atomic E-state index is 14.8. The van der Waals surface area contributed by atoms with Crippen LogP contribution in [0.3, 0.4) is 0 Å². The van der Waals surface area contributed by atoms with Gasteiger partial charge in [0.15, 0.2) is 48.9 Å². The molecular weight excluding hydrogens is 1440 g/mol. The zero-order valence-electron chi connectivity index (χ0n) is 57.1. The molecule has 5 aliphatic heterocycles. The number of aromatic nitrogens is 14. The average molecular weight is 1520 g/mol. The number of ether oxygens (including phenoxy) is 5. The number of aryl methyl sites for hydroxylation is 2. The molecule has 45 heteroatoms. The Kier molecular flexibility index (Phi) is 24.4. The second kappa shape index (κ2) is 33.0. The van der Waals surface area contributed by atoms with Crippen LogP contribution in [-0.2, 0) is 69.1 Å². The molecule has 0 saturated carbocycles. The molecule has 15 atom stereocenters. The van der Waals surface area contributed by atoms with Gasteiger partial charge in [-0.25, -0.2) is 53.2 Å². The smallest absolute Gasteiger partial charge is 0.349 e. The Balaban J connectivity index is 0.740. The summed E-state index contributed by atoms with van der Waals surface area (Å²) in [6, 6.07) is 3.38. The number of nitrogens with zero attached hydrogens (tertiary/aromatic N) is 18. The molecule has 0 aliphatic carbocycles. The molecule has 7 aromatic heterocycles. The molecule has 0 spiro atoms. The van der Waals surface area contributed by atoms with E-state index in [1.165, 1.54) is 61.5 Å². The number of Topliss-reactive ketones (excluding diaryl/α,β-unsaturated/α-hetero) is 1. The van der Waals surface area contributed by atoms with Gasteiger partial charge in [-0.2, -0.15) is 15.0 Å². The van der Waals surface area contributed by atoms with Gasteiger partial charge in [-0.1, -0.05) is 13.8 Å². The molecule has 0 radical (unpaired) electrons. The van der Waals surface area contributed by atoms with Crippen LogP contribution >= 0.6 is 40.7 Å². The van der Waals surface area contributed by atoms with Crippen molar-refractivity contribution >= 4 is 80.6 Å². The van der Waals surface area contributed by atoms with Gasteiger partial charge >= 0.3 is 11.4 Å². The van der Waals surface area contributed by atoms with E-state index in [2.05, 4.69) is 49.8 Å². The molecule has 0 amide bonds. The van der Waals surface area contributed by atoms with Crippen LogP contribution in [0.15, 0.2) is 64.2 Å². The monoisotopic (exact) mass is 1520 g/mol. The number of anilines is 2. The van der Waals surface area contributed by atoms with Gasteiger partial charge in [-0.3, -0.25) is 60.6 Å². The number of carbonyl (C=O) groups excluding carboxylic acids is 1. The highest BCUT2D eigenvalue weighted by atomic mass is 31.1. The molecule has 5 fully saturated rings. The van der Waals surface area contributed by atoms with Crippen LogP contribution in [0, 0.1) is 20.8 Å². The molecule has 12 heterocycles. The minimum Gasteiger partial charge on any atom is -0.382 e. The van der Waals surface area contributed by atoms with Gasteiger partial charge in [-0.05, 0) is 46.8 Å². The van der Waals surface area contributed by atoms with Crippen LogP contribution in [-0.4, -0.2) is 238 Å². The van der Waals surface area contributed by atoms with Gasteiger partial charge in [0.25, 0.3) is 38.3 Å². The van der Waals surface area contributed by atoms with Crippen molar-refractivity contribution in [2.24, 2.45) is 0 Å². The highest BCUT2D eigenvalue weighted by molar-refractivity contribution is 7.40. The minimum atomic E-state index is -3.30. The number of ketones is 1. The van der Waals surface area contributed by atoms with E-state index in [0.717, 1.165) is 0 Å². The van der Waals surface area contributed by atoms with Crippen molar-refractivity contribution in [1.29, 1.82) is 0 Å². The SMILES string of the molecule is CC(=O)c1ncn([C@H]2CN([PH](=O)OC[C@@H]3CN([PH](=O)OC[C@@H]4CN([PH](=O)OC[C@@H]5CN([PH](=O)OC[C@@H]6CN(C(C)C)C[C@H](n7ccc(C)nc7=O)O6)C[C@H](n6cnc7c(=O)[nH]c(N)nc76)O5)C[C@H](n5cnc6c(N)ncnc65)O4)C[C@H](n4ccc(C)nc4=O)O3)C[C@@H](CO[PH](=O)C(C)C)O2)c1C. The van der Waals surface area contributed by atoms with E-state index in [0.29, 0.717) is 30.2 Å². The fourth-order valence-corrected chi connectivity index (χ4v) is 17.8. The van der Waals surface area contributed by atoms with Crippen LogP contribution in [0.25, 0.3) is 22.3 Å². The van der Waals surface area contributed by atoms with Gasteiger partial charge in [0.05, 0.1) is 109 Å². The molecule has 7 aromatic rings. The summed E-state index contributed by atoms with van der Waals surface area (Å²) in [6.45, 7) is 13.2. The lowest BCUT2D eigenvalue weighted by Gasteiger charge is -2.41. The van der Waals surface area contributed by atoms with Crippen LogP contribution < -0.4 is 28.4 Å². The molecule has 5 unspecified atom stereocenters. The van der Waals surface area contributed by atoms with E-state index in [1.807, 2.05) is 13.8 Å². The number of hydrogen-bond donors (Lipinski definition) is 3. The van der Waals surface area contributed by atoms with Crippen LogP contribution in [0.4, 0.5) is 11.8 Å². The molecule has 556 valence electrons. The van der Waals surface area contributed by atoms with Gasteiger partial charge < -0.3 is 62.3 Å². The average Bonchev–Trinajstić information content (AvgIpc) is 1.66. The molecule has 0 bridgehead atoms. The lowest BCUT2D eigenvalue weighted by Crippen LogP contribution is -2.51. The normalized spacial score (nSPS) is 26.3. The number of nitrogens with one attached hydrogen (secondary N) is 1. The predicted octanol–water partition coefficient (Wildman–Crippen LogP) is 2.59. The summed E-state index contributed by atoms with van der Waals surface area (Å²) in [5.41, 5.74) is 12.6. The maximum atomic E-state index is 14.8. The molecule has 5 N–H and O–H groups in total. The summed E-state index contributed by atoms with van der Waals surface area (Å²) in [5, 5.41) is 0. The lowest BCUT2D eigenvalue weighted by molar-refractivity contribution is -0.140. The Morgan fingerprint density at radius 3 is 1.37 bits per heavy atom. The first kappa shape index (κ1) is 75.4. The summed E-state index contributed by atoms with van der Waals surface area (Å²) in [5.74, 6) is -0.354. The first-order valence-electron chi connectivity index (χ1n) is 33.0. The maximum Gasteiger partial charge on any atom is 0.349 e. The van der Waals surface area contributed by atoms with Gasteiger partial charge in [0.1, 0.15) is 36.2 Å². The minimum absolute atomic E-state index is 0.0340. The van der Waals surface area contributed by atoms with Crippen molar-refractivity contribution in [1.82, 2.24) is 91.3 Å². The zero-order chi connectivity index (χ0) is 72.4. The fourth-order valence-electron chi connectivity index (χ4n) is 12.4. The summed E-state index contributed by atoms with van der Waals surface area (Å²) < 4.78 is 147. The first-order chi connectivity index (χ1) is 48.8. The fraction of sp³-hybridized carbons (Fsp3) is 0.614. The van der Waals surface area contributed by atoms with Crippen LogP contribution in [0.2, 0.25) is 0 Å². The van der Waals surface area contributed by atoms with Crippen molar-refractivity contribution in [3.05, 3.63) is 104 Å². The number of morpholine rings is 5. The molecule has 40 nitrogen and oxygen atoms in total. The van der Waals surface area contributed by atoms with E-state index >= 15 is 0 Å².